The van der Waals surface area contributed by atoms with E-state index in [-0.39, 0.29) is 11.8 Å². The van der Waals surface area contributed by atoms with E-state index in [1.165, 1.54) is 6.92 Å². The molecule has 0 radical (unpaired) electrons. The first-order valence-electron chi connectivity index (χ1n) is 6.96. The van der Waals surface area contributed by atoms with Gasteiger partial charge in [0.05, 0.1) is 5.02 Å². The van der Waals surface area contributed by atoms with Crippen LogP contribution in [0, 0.1) is 5.92 Å². The van der Waals surface area contributed by atoms with Gasteiger partial charge in [0.15, 0.2) is 0 Å². The van der Waals surface area contributed by atoms with Gasteiger partial charge in [-0.2, -0.15) is 0 Å². The molecule has 1 fully saturated rings. The highest BCUT2D eigenvalue weighted by molar-refractivity contribution is 9.10. The van der Waals surface area contributed by atoms with Crippen molar-refractivity contribution in [3.05, 3.63) is 33.3 Å². The monoisotopic (exact) mass is 372 g/mol. The molecule has 0 saturated carbocycles. The van der Waals surface area contributed by atoms with Crippen LogP contribution >= 0.6 is 27.5 Å². The van der Waals surface area contributed by atoms with Gasteiger partial charge < -0.3 is 10.2 Å². The van der Waals surface area contributed by atoms with Gasteiger partial charge in [-0.05, 0) is 52.9 Å². The number of hydrogen-bond acceptors (Lipinski definition) is 2. The second-order valence-corrected chi connectivity index (χ2v) is 6.56. The van der Waals surface area contributed by atoms with Crippen LogP contribution in [0.15, 0.2) is 22.7 Å². The summed E-state index contributed by atoms with van der Waals surface area (Å²) in [6.45, 7) is 3.67. The van der Waals surface area contributed by atoms with Crippen molar-refractivity contribution in [3.8, 4) is 0 Å². The molecule has 0 bridgehead atoms. The third kappa shape index (κ3) is 4.45. The van der Waals surface area contributed by atoms with Gasteiger partial charge in [0.2, 0.25) is 5.91 Å². The Hall–Kier alpha value is -1.07. The summed E-state index contributed by atoms with van der Waals surface area (Å²) in [5.41, 5.74) is 0.645. The first-order chi connectivity index (χ1) is 9.97. The number of nitrogens with one attached hydrogen (secondary N) is 1. The van der Waals surface area contributed by atoms with Crippen LogP contribution in [0.1, 0.15) is 30.1 Å². The zero-order chi connectivity index (χ0) is 15.4. The van der Waals surface area contributed by atoms with Gasteiger partial charge in [-0.3, -0.25) is 9.59 Å². The molecule has 0 spiro atoms. The van der Waals surface area contributed by atoms with Crippen molar-refractivity contribution in [1.29, 1.82) is 0 Å². The van der Waals surface area contributed by atoms with E-state index < -0.39 is 0 Å². The Balaban J connectivity index is 1.90. The molecule has 4 nitrogen and oxygen atoms in total. The summed E-state index contributed by atoms with van der Waals surface area (Å²) in [5.74, 6) is 0.486. The molecule has 1 aromatic rings. The first-order valence-corrected chi connectivity index (χ1v) is 8.13. The molecule has 0 aromatic heterocycles. The number of benzene rings is 1. The molecule has 1 aromatic carbocycles. The van der Waals surface area contributed by atoms with Gasteiger partial charge >= 0.3 is 0 Å². The molecule has 1 saturated heterocycles. The predicted octanol–water partition coefficient (Wildman–Crippen LogP) is 3.09. The zero-order valence-electron chi connectivity index (χ0n) is 11.9. The minimum atomic E-state index is -0.000444. The van der Waals surface area contributed by atoms with Crippen LogP contribution in [0.2, 0.25) is 5.02 Å². The molecular formula is C15H18BrClN2O2. The smallest absolute Gasteiger partial charge is 0.253 e. The molecular weight excluding hydrogens is 356 g/mol. The summed E-state index contributed by atoms with van der Waals surface area (Å²) < 4.78 is 0.732. The van der Waals surface area contributed by atoms with Crippen molar-refractivity contribution in [2.45, 2.75) is 19.8 Å². The molecule has 21 heavy (non-hydrogen) atoms. The van der Waals surface area contributed by atoms with E-state index in [4.69, 9.17) is 11.6 Å². The van der Waals surface area contributed by atoms with E-state index in [1.807, 2.05) is 4.90 Å². The third-order valence-electron chi connectivity index (χ3n) is 3.71. The van der Waals surface area contributed by atoms with Gasteiger partial charge in [0, 0.05) is 36.6 Å². The lowest BCUT2D eigenvalue weighted by atomic mass is 9.96. The van der Waals surface area contributed by atoms with E-state index in [0.29, 0.717) is 23.0 Å². The quantitative estimate of drug-likeness (QED) is 0.885. The fourth-order valence-corrected chi connectivity index (χ4v) is 2.94. The lowest BCUT2D eigenvalue weighted by Gasteiger charge is -2.32. The van der Waals surface area contributed by atoms with Crippen molar-refractivity contribution < 1.29 is 9.59 Å². The Morgan fingerprint density at radius 1 is 1.38 bits per heavy atom. The first kappa shape index (κ1) is 16.3. The van der Waals surface area contributed by atoms with Crippen molar-refractivity contribution >= 4 is 39.3 Å². The Morgan fingerprint density at radius 3 is 2.62 bits per heavy atom. The van der Waals surface area contributed by atoms with Crippen LogP contribution in [0.5, 0.6) is 0 Å². The number of piperidine rings is 1. The lowest BCUT2D eigenvalue weighted by molar-refractivity contribution is -0.119. The van der Waals surface area contributed by atoms with Crippen LogP contribution in [0.3, 0.4) is 0 Å². The lowest BCUT2D eigenvalue weighted by Crippen LogP contribution is -2.41. The minimum Gasteiger partial charge on any atom is -0.356 e. The van der Waals surface area contributed by atoms with Gasteiger partial charge in [-0.15, -0.1) is 0 Å². The highest BCUT2D eigenvalue weighted by Crippen LogP contribution is 2.25. The summed E-state index contributed by atoms with van der Waals surface area (Å²) in [6.07, 6.45) is 1.83. The Bertz CT molecular complexity index is 542. The Morgan fingerprint density at radius 2 is 2.05 bits per heavy atom. The van der Waals surface area contributed by atoms with E-state index in [0.717, 1.165) is 30.4 Å². The number of likely N-dealkylation sites (tertiary alicyclic amines) is 1. The summed E-state index contributed by atoms with van der Waals surface area (Å²) in [6, 6.07) is 5.23. The van der Waals surface area contributed by atoms with Crippen LogP contribution in [-0.4, -0.2) is 36.3 Å². The number of carbonyl (C=O) groups is 2. The van der Waals surface area contributed by atoms with Crippen molar-refractivity contribution in [2.24, 2.45) is 5.92 Å². The molecule has 114 valence electrons. The normalized spacial score (nSPS) is 15.9. The summed E-state index contributed by atoms with van der Waals surface area (Å²) in [7, 11) is 0. The molecule has 1 aliphatic rings. The van der Waals surface area contributed by atoms with Gasteiger partial charge in [-0.1, -0.05) is 11.6 Å². The zero-order valence-corrected chi connectivity index (χ0v) is 14.2. The maximum absolute atomic E-state index is 12.4. The van der Waals surface area contributed by atoms with E-state index in [2.05, 4.69) is 21.2 Å². The average molecular weight is 374 g/mol. The molecule has 0 unspecified atom stereocenters. The summed E-state index contributed by atoms with van der Waals surface area (Å²) in [5, 5.41) is 3.44. The van der Waals surface area contributed by atoms with Crippen molar-refractivity contribution in [2.75, 3.05) is 19.6 Å². The number of carbonyl (C=O) groups excluding carboxylic acids is 2. The molecule has 0 aliphatic carbocycles. The van der Waals surface area contributed by atoms with Crippen molar-refractivity contribution in [1.82, 2.24) is 10.2 Å². The van der Waals surface area contributed by atoms with Crippen LogP contribution in [0.4, 0.5) is 0 Å². The average Bonchev–Trinajstić information content (AvgIpc) is 2.48. The van der Waals surface area contributed by atoms with E-state index in [1.54, 1.807) is 18.2 Å². The number of hydrogen-bond donors (Lipinski definition) is 1. The second kappa shape index (κ2) is 7.27. The fourth-order valence-electron chi connectivity index (χ4n) is 2.44. The van der Waals surface area contributed by atoms with Crippen molar-refractivity contribution in [3.63, 3.8) is 0 Å². The highest BCUT2D eigenvalue weighted by Gasteiger charge is 2.23. The summed E-state index contributed by atoms with van der Waals surface area (Å²) in [4.78, 5) is 25.2. The second-order valence-electron chi connectivity index (χ2n) is 5.30. The van der Waals surface area contributed by atoms with Crippen LogP contribution in [-0.2, 0) is 4.79 Å². The number of amides is 2. The summed E-state index contributed by atoms with van der Waals surface area (Å²) >= 11 is 9.28. The maximum Gasteiger partial charge on any atom is 0.253 e. The number of halogens is 2. The fraction of sp³-hybridized carbons (Fsp3) is 0.467. The SMILES string of the molecule is CC(=O)NCC1CCN(C(=O)c2ccc(Cl)c(Br)c2)CC1. The van der Waals surface area contributed by atoms with E-state index in [9.17, 15) is 9.59 Å². The molecule has 2 amide bonds. The Kier molecular flexibility index (Phi) is 5.65. The standard InChI is InChI=1S/C15H18BrClN2O2/c1-10(20)18-9-11-4-6-19(7-5-11)15(21)12-2-3-14(17)13(16)8-12/h2-3,8,11H,4-7,9H2,1H3,(H,18,20). The minimum absolute atomic E-state index is 0.000444. The molecule has 1 N–H and O–H groups in total. The number of nitrogens with zero attached hydrogens (tertiary/aromatic N) is 1. The van der Waals surface area contributed by atoms with Crippen LogP contribution in [0.25, 0.3) is 0 Å². The van der Waals surface area contributed by atoms with Crippen LogP contribution < -0.4 is 5.32 Å². The molecule has 1 heterocycles. The molecule has 1 aliphatic heterocycles. The van der Waals surface area contributed by atoms with Gasteiger partial charge in [0.1, 0.15) is 0 Å². The predicted molar refractivity (Wildman–Crippen MR) is 86.5 cm³/mol. The molecule has 2 rings (SSSR count). The number of rotatable bonds is 3. The van der Waals surface area contributed by atoms with Gasteiger partial charge in [-0.25, -0.2) is 0 Å². The maximum atomic E-state index is 12.4. The van der Waals surface area contributed by atoms with E-state index >= 15 is 0 Å². The van der Waals surface area contributed by atoms with Gasteiger partial charge in [0.25, 0.3) is 5.91 Å². The molecule has 6 heteroatoms. The third-order valence-corrected chi connectivity index (χ3v) is 4.92. The highest BCUT2D eigenvalue weighted by atomic mass is 79.9. The largest absolute Gasteiger partial charge is 0.356 e. The Labute approximate surface area is 138 Å². The topological polar surface area (TPSA) is 49.4 Å². The molecule has 0 atom stereocenters.